The molecule has 0 radical (unpaired) electrons. The van der Waals surface area contributed by atoms with Crippen LogP contribution in [0.5, 0.6) is 0 Å². The van der Waals surface area contributed by atoms with Crippen molar-refractivity contribution in [3.05, 3.63) is 36.5 Å². The van der Waals surface area contributed by atoms with Crippen LogP contribution < -0.4 is 0 Å². The first-order chi connectivity index (χ1) is 11.6. The molecule has 0 saturated carbocycles. The van der Waals surface area contributed by atoms with E-state index in [1.807, 2.05) is 18.2 Å². The van der Waals surface area contributed by atoms with E-state index in [0.717, 1.165) is 25.7 Å². The van der Waals surface area contributed by atoms with Crippen molar-refractivity contribution in [2.45, 2.75) is 83.0 Å². The lowest BCUT2D eigenvalue weighted by molar-refractivity contribution is -0.137. The number of epoxide rings is 1. The first kappa shape index (κ1) is 20.7. The Morgan fingerprint density at radius 3 is 2.58 bits per heavy atom. The molecular weight excluding hydrogens is 304 g/mol. The third kappa shape index (κ3) is 10.4. The van der Waals surface area contributed by atoms with Gasteiger partial charge in [-0.05, 0) is 38.5 Å². The van der Waals surface area contributed by atoms with Gasteiger partial charge in [-0.3, -0.25) is 4.79 Å². The molecule has 1 unspecified atom stereocenters. The van der Waals surface area contributed by atoms with Gasteiger partial charge in [-0.2, -0.15) is 0 Å². The molecule has 0 bridgehead atoms. The number of ether oxygens (including phenoxy) is 1. The second kappa shape index (κ2) is 13.0. The molecule has 3 atom stereocenters. The summed E-state index contributed by atoms with van der Waals surface area (Å²) in [5.74, 6) is -0.749. The predicted octanol–water partition coefficient (Wildman–Crippen LogP) is 4.40. The Balaban J connectivity index is 2.04. The number of hydrogen-bond acceptors (Lipinski definition) is 3. The number of rotatable bonds is 14. The van der Waals surface area contributed by atoms with E-state index in [4.69, 9.17) is 9.84 Å². The number of carboxylic acids is 1. The van der Waals surface area contributed by atoms with Crippen molar-refractivity contribution in [2.75, 3.05) is 0 Å². The molecule has 0 aromatic rings. The molecule has 0 aromatic carbocycles. The van der Waals surface area contributed by atoms with Crippen LogP contribution in [-0.4, -0.2) is 34.5 Å². The summed E-state index contributed by atoms with van der Waals surface area (Å²) in [6, 6.07) is 0. The van der Waals surface area contributed by atoms with E-state index < -0.39 is 12.1 Å². The molecule has 4 heteroatoms. The smallest absolute Gasteiger partial charge is 0.303 e. The fourth-order valence-corrected chi connectivity index (χ4v) is 2.50. The summed E-state index contributed by atoms with van der Waals surface area (Å²) in [6.07, 6.45) is 19.8. The molecular formula is C20H32O4. The van der Waals surface area contributed by atoms with Gasteiger partial charge >= 0.3 is 5.97 Å². The molecule has 0 aromatic heterocycles. The molecule has 1 rings (SSSR count). The maximum absolute atomic E-state index is 10.4. The number of aliphatic hydroxyl groups is 1. The maximum Gasteiger partial charge on any atom is 0.303 e. The van der Waals surface area contributed by atoms with E-state index >= 15 is 0 Å². The highest BCUT2D eigenvalue weighted by Crippen LogP contribution is 2.29. The first-order valence-corrected chi connectivity index (χ1v) is 9.17. The van der Waals surface area contributed by atoms with E-state index in [-0.39, 0.29) is 18.6 Å². The van der Waals surface area contributed by atoms with Gasteiger partial charge in [0.15, 0.2) is 0 Å². The number of allylic oxidation sites excluding steroid dienone is 4. The van der Waals surface area contributed by atoms with Gasteiger partial charge in [0, 0.05) is 6.42 Å². The molecule has 2 N–H and O–H groups in total. The zero-order chi connectivity index (χ0) is 17.6. The molecule has 1 aliphatic heterocycles. The van der Waals surface area contributed by atoms with Crippen LogP contribution in [0.15, 0.2) is 36.5 Å². The summed E-state index contributed by atoms with van der Waals surface area (Å²) in [5, 5.41) is 18.5. The van der Waals surface area contributed by atoms with Crippen LogP contribution in [0.25, 0.3) is 0 Å². The largest absolute Gasteiger partial charge is 0.481 e. The highest BCUT2D eigenvalue weighted by Gasteiger charge is 2.42. The molecule has 0 spiro atoms. The molecule has 24 heavy (non-hydrogen) atoms. The Morgan fingerprint density at radius 2 is 1.83 bits per heavy atom. The summed E-state index contributed by atoms with van der Waals surface area (Å²) in [6.45, 7) is 2.20. The van der Waals surface area contributed by atoms with Gasteiger partial charge in [-0.15, -0.1) is 0 Å². The van der Waals surface area contributed by atoms with Crippen LogP contribution in [0.2, 0.25) is 0 Å². The fraction of sp³-hybridized carbons (Fsp3) is 0.650. The molecule has 1 aliphatic rings. The number of hydrogen-bond donors (Lipinski definition) is 2. The first-order valence-electron chi connectivity index (χ1n) is 9.17. The Labute approximate surface area is 145 Å². The number of carbonyl (C=O) groups is 1. The van der Waals surface area contributed by atoms with Crippen LogP contribution >= 0.6 is 0 Å². The minimum Gasteiger partial charge on any atom is -0.481 e. The lowest BCUT2D eigenvalue weighted by Gasteiger charge is -1.99. The van der Waals surface area contributed by atoms with Crippen molar-refractivity contribution in [1.29, 1.82) is 0 Å². The minimum absolute atomic E-state index is 0.0684. The highest BCUT2D eigenvalue weighted by atomic mass is 16.6. The molecule has 1 fully saturated rings. The lowest BCUT2D eigenvalue weighted by Crippen LogP contribution is -2.13. The Morgan fingerprint density at radius 1 is 1.08 bits per heavy atom. The molecule has 0 aliphatic carbocycles. The zero-order valence-electron chi connectivity index (χ0n) is 14.8. The minimum atomic E-state index is -0.749. The normalized spacial score (nSPS) is 21.9. The molecule has 0 amide bonds. The summed E-state index contributed by atoms with van der Waals surface area (Å²) in [7, 11) is 0. The summed E-state index contributed by atoms with van der Waals surface area (Å²) in [4.78, 5) is 10.4. The van der Waals surface area contributed by atoms with E-state index in [0.29, 0.717) is 6.42 Å². The van der Waals surface area contributed by atoms with Crippen LogP contribution in [0, 0.1) is 0 Å². The Kier molecular flexibility index (Phi) is 11.2. The maximum atomic E-state index is 10.4. The van der Waals surface area contributed by atoms with E-state index in [1.165, 1.54) is 19.3 Å². The van der Waals surface area contributed by atoms with Gasteiger partial charge in [0.1, 0.15) is 12.2 Å². The summed E-state index contributed by atoms with van der Waals surface area (Å²) >= 11 is 0. The average molecular weight is 336 g/mol. The third-order valence-electron chi connectivity index (χ3n) is 4.00. The van der Waals surface area contributed by atoms with E-state index in [9.17, 15) is 9.90 Å². The molecule has 136 valence electrons. The lowest BCUT2D eigenvalue weighted by atomic mass is 10.1. The van der Waals surface area contributed by atoms with Crippen molar-refractivity contribution in [2.24, 2.45) is 0 Å². The van der Waals surface area contributed by atoms with Gasteiger partial charge in [-0.1, -0.05) is 56.2 Å². The number of unbranched alkanes of at least 4 members (excludes halogenated alkanes) is 4. The number of carboxylic acid groups (broad SMARTS) is 1. The average Bonchev–Trinajstić information content (AvgIpc) is 3.32. The van der Waals surface area contributed by atoms with Gasteiger partial charge in [-0.25, -0.2) is 0 Å². The third-order valence-corrected chi connectivity index (χ3v) is 4.00. The zero-order valence-corrected chi connectivity index (χ0v) is 14.8. The van der Waals surface area contributed by atoms with Crippen molar-refractivity contribution >= 4 is 5.97 Å². The van der Waals surface area contributed by atoms with Gasteiger partial charge in [0.25, 0.3) is 0 Å². The van der Waals surface area contributed by atoms with Crippen molar-refractivity contribution in [3.8, 4) is 0 Å². The SMILES string of the molecule is CCCCCC=CC[C@@H]1O[C@H]1C(O)C=CCC=CCCCC(=O)O. The summed E-state index contributed by atoms with van der Waals surface area (Å²) < 4.78 is 5.51. The van der Waals surface area contributed by atoms with E-state index in [2.05, 4.69) is 19.1 Å². The molecule has 4 nitrogen and oxygen atoms in total. The monoisotopic (exact) mass is 336 g/mol. The summed E-state index contributed by atoms with van der Waals surface area (Å²) in [5.41, 5.74) is 0. The number of aliphatic carboxylic acids is 1. The van der Waals surface area contributed by atoms with Crippen molar-refractivity contribution in [3.63, 3.8) is 0 Å². The van der Waals surface area contributed by atoms with E-state index in [1.54, 1.807) is 6.08 Å². The van der Waals surface area contributed by atoms with Crippen molar-refractivity contribution in [1.82, 2.24) is 0 Å². The quantitative estimate of drug-likeness (QED) is 0.280. The van der Waals surface area contributed by atoms with Crippen molar-refractivity contribution < 1.29 is 19.7 Å². The van der Waals surface area contributed by atoms with Crippen LogP contribution in [0.3, 0.4) is 0 Å². The predicted molar refractivity (Wildman–Crippen MR) is 97.0 cm³/mol. The second-order valence-corrected chi connectivity index (χ2v) is 6.25. The van der Waals surface area contributed by atoms with Crippen LogP contribution in [-0.2, 0) is 9.53 Å². The second-order valence-electron chi connectivity index (χ2n) is 6.25. The standard InChI is InChI=1S/C20H32O4/c1-2-3-4-5-9-12-15-18-20(24-18)17(21)14-11-8-6-7-10-13-16-19(22)23/h6-7,9,11-12,14,17-18,20-21H,2-5,8,10,13,15-16H2,1H3,(H,22,23)/t17?,18-,20-/m0/s1. The fourth-order valence-electron chi connectivity index (χ4n) is 2.50. The van der Waals surface area contributed by atoms with Gasteiger partial charge in [0.2, 0.25) is 0 Å². The van der Waals surface area contributed by atoms with Gasteiger partial charge in [0.05, 0.1) is 6.10 Å². The van der Waals surface area contributed by atoms with Gasteiger partial charge < -0.3 is 14.9 Å². The number of aliphatic hydroxyl groups excluding tert-OH is 1. The highest BCUT2D eigenvalue weighted by molar-refractivity contribution is 5.66. The Hall–Kier alpha value is -1.39. The van der Waals surface area contributed by atoms with Crippen LogP contribution in [0.1, 0.15) is 64.7 Å². The van der Waals surface area contributed by atoms with Crippen LogP contribution in [0.4, 0.5) is 0 Å². The molecule has 1 saturated heterocycles. The molecule has 1 heterocycles. The Bertz CT molecular complexity index is 425. The topological polar surface area (TPSA) is 70.1 Å².